The molecule has 0 aromatic rings. The second-order valence-corrected chi connectivity index (χ2v) is 2.80. The number of nitroso groups, excluding NO2 is 1. The van der Waals surface area contributed by atoms with Crippen molar-refractivity contribution in [1.82, 2.24) is 9.91 Å². The summed E-state index contributed by atoms with van der Waals surface area (Å²) in [6.45, 7) is -0.541. The van der Waals surface area contributed by atoms with Gasteiger partial charge in [0.15, 0.2) is 0 Å². The van der Waals surface area contributed by atoms with Crippen LogP contribution in [0.5, 0.6) is 0 Å². The average Bonchev–Trinajstić information content (AvgIpc) is 2.12. The maximum atomic E-state index is 11.2. The summed E-state index contributed by atoms with van der Waals surface area (Å²) in [5.41, 5.74) is 0. The Balaban J connectivity index is 4.26. The quantitative estimate of drug-likeness (QED) is 0.414. The number of carboxylic acid groups (broad SMARTS) is 1. The molecule has 0 aliphatic rings. The maximum absolute atomic E-state index is 11.2. The first kappa shape index (κ1) is 12.6. The van der Waals surface area contributed by atoms with E-state index in [4.69, 9.17) is 16.7 Å². The Kier molecular flexibility index (Phi) is 5.54. The van der Waals surface area contributed by atoms with Gasteiger partial charge >= 0.3 is 12.0 Å². The van der Waals surface area contributed by atoms with Crippen molar-refractivity contribution in [3.05, 3.63) is 4.91 Å². The van der Waals surface area contributed by atoms with E-state index in [0.29, 0.717) is 5.01 Å². The minimum Gasteiger partial charge on any atom is -0.480 e. The fourth-order valence-corrected chi connectivity index (χ4v) is 0.879. The van der Waals surface area contributed by atoms with Crippen LogP contribution in [0.1, 0.15) is 0 Å². The largest absolute Gasteiger partial charge is 0.480 e. The number of urea groups is 1. The van der Waals surface area contributed by atoms with Crippen LogP contribution in [-0.2, 0) is 4.79 Å². The van der Waals surface area contributed by atoms with Crippen molar-refractivity contribution < 1.29 is 14.7 Å². The molecule has 14 heavy (non-hydrogen) atoms. The molecular formula is C6H10ClN3O4. The van der Waals surface area contributed by atoms with E-state index >= 15 is 0 Å². The molecule has 0 rings (SSSR count). The molecule has 80 valence electrons. The second kappa shape index (κ2) is 6.14. The van der Waals surface area contributed by atoms with E-state index in [9.17, 15) is 14.5 Å². The topological polar surface area (TPSA) is 90.3 Å². The standard InChI is InChI=1S/C6H10ClN3O4/c1-9(4-5(11)12)6(13)10(8-14)3-2-7/h2-4H2,1H3,(H,11,12). The number of nitrogens with zero attached hydrogens (tertiary/aromatic N) is 3. The van der Waals surface area contributed by atoms with Gasteiger partial charge in [0, 0.05) is 12.9 Å². The molecule has 0 aromatic carbocycles. The zero-order valence-electron chi connectivity index (χ0n) is 7.51. The molecule has 0 bridgehead atoms. The number of hydrogen-bond acceptors (Lipinski definition) is 4. The second-order valence-electron chi connectivity index (χ2n) is 2.43. The van der Waals surface area contributed by atoms with Gasteiger partial charge < -0.3 is 10.0 Å². The van der Waals surface area contributed by atoms with E-state index in [1.165, 1.54) is 7.05 Å². The van der Waals surface area contributed by atoms with Crippen LogP contribution in [0, 0.1) is 4.91 Å². The van der Waals surface area contributed by atoms with E-state index in [1.54, 1.807) is 0 Å². The van der Waals surface area contributed by atoms with Crippen molar-refractivity contribution in [3.63, 3.8) is 0 Å². The predicted octanol–water partition coefficient (Wildman–Crippen LogP) is 0.345. The number of likely N-dealkylation sites (N-methyl/N-ethyl adjacent to an activating group) is 1. The third-order valence-electron chi connectivity index (χ3n) is 1.31. The fourth-order valence-electron chi connectivity index (χ4n) is 0.719. The minimum atomic E-state index is -1.17. The molecule has 0 atom stereocenters. The van der Waals surface area contributed by atoms with E-state index in [1.807, 2.05) is 0 Å². The van der Waals surface area contributed by atoms with Gasteiger partial charge in [0.05, 0.1) is 11.8 Å². The number of hydrogen-bond donors (Lipinski definition) is 1. The Morgan fingerprint density at radius 1 is 1.50 bits per heavy atom. The van der Waals surface area contributed by atoms with Gasteiger partial charge in [0.1, 0.15) is 6.54 Å². The lowest BCUT2D eigenvalue weighted by Gasteiger charge is -2.19. The van der Waals surface area contributed by atoms with Crippen LogP contribution < -0.4 is 0 Å². The number of carboxylic acids is 1. The van der Waals surface area contributed by atoms with Crippen LogP contribution in [0.2, 0.25) is 0 Å². The average molecular weight is 224 g/mol. The molecular weight excluding hydrogens is 214 g/mol. The summed E-state index contributed by atoms with van der Waals surface area (Å²) < 4.78 is 0. The van der Waals surface area contributed by atoms with Gasteiger partial charge in [-0.15, -0.1) is 16.5 Å². The highest BCUT2D eigenvalue weighted by atomic mass is 35.5. The number of amides is 2. The third-order valence-corrected chi connectivity index (χ3v) is 1.48. The molecule has 0 unspecified atom stereocenters. The summed E-state index contributed by atoms with van der Waals surface area (Å²) in [5, 5.41) is 11.4. The van der Waals surface area contributed by atoms with Gasteiger partial charge in [-0.25, -0.2) is 4.79 Å². The summed E-state index contributed by atoms with van der Waals surface area (Å²) in [4.78, 5) is 32.5. The predicted molar refractivity (Wildman–Crippen MR) is 48.9 cm³/mol. The van der Waals surface area contributed by atoms with E-state index < -0.39 is 18.5 Å². The van der Waals surface area contributed by atoms with Crippen LogP contribution in [0.3, 0.4) is 0 Å². The summed E-state index contributed by atoms with van der Waals surface area (Å²) in [6, 6.07) is -0.789. The molecule has 1 N–H and O–H groups in total. The van der Waals surface area contributed by atoms with Gasteiger partial charge in [-0.05, 0) is 0 Å². The van der Waals surface area contributed by atoms with Crippen molar-refractivity contribution >= 4 is 23.6 Å². The highest BCUT2D eigenvalue weighted by molar-refractivity contribution is 6.18. The molecule has 0 fully saturated rings. The lowest BCUT2D eigenvalue weighted by molar-refractivity contribution is -0.137. The van der Waals surface area contributed by atoms with E-state index in [0.717, 1.165) is 4.90 Å². The first-order valence-corrected chi connectivity index (χ1v) is 4.20. The van der Waals surface area contributed by atoms with Crippen LogP contribution in [-0.4, -0.2) is 53.0 Å². The zero-order chi connectivity index (χ0) is 11.1. The number of alkyl halides is 1. The summed E-state index contributed by atoms with van der Waals surface area (Å²) in [6.07, 6.45) is 0. The van der Waals surface area contributed by atoms with Crippen LogP contribution in [0.15, 0.2) is 5.29 Å². The first-order chi connectivity index (χ1) is 6.52. The molecule has 0 aliphatic heterocycles. The molecule has 0 radical (unpaired) electrons. The SMILES string of the molecule is CN(CC(=O)O)C(=O)N(CCCl)N=O. The zero-order valence-corrected chi connectivity index (χ0v) is 8.27. The highest BCUT2D eigenvalue weighted by Crippen LogP contribution is 1.98. The molecule has 0 heterocycles. The lowest BCUT2D eigenvalue weighted by atomic mass is 10.5. The van der Waals surface area contributed by atoms with E-state index in [-0.39, 0.29) is 12.4 Å². The summed E-state index contributed by atoms with van der Waals surface area (Å²) in [7, 11) is 1.25. The molecule has 0 saturated heterocycles. The maximum Gasteiger partial charge on any atom is 0.343 e. The van der Waals surface area contributed by atoms with Crippen molar-refractivity contribution in [2.24, 2.45) is 5.29 Å². The highest BCUT2D eigenvalue weighted by Gasteiger charge is 2.19. The Morgan fingerprint density at radius 3 is 2.43 bits per heavy atom. The van der Waals surface area contributed by atoms with Crippen LogP contribution >= 0.6 is 11.6 Å². The molecule has 0 saturated carbocycles. The smallest absolute Gasteiger partial charge is 0.343 e. The Hall–Kier alpha value is -1.37. The van der Waals surface area contributed by atoms with Gasteiger partial charge in [0.25, 0.3) is 0 Å². The molecule has 0 spiro atoms. The number of halogens is 1. The number of carbonyl (C=O) groups excluding carboxylic acids is 1. The van der Waals surface area contributed by atoms with Crippen molar-refractivity contribution in [1.29, 1.82) is 0 Å². The van der Waals surface area contributed by atoms with Crippen molar-refractivity contribution in [3.8, 4) is 0 Å². The van der Waals surface area contributed by atoms with Crippen molar-refractivity contribution in [2.75, 3.05) is 26.0 Å². The Morgan fingerprint density at radius 2 is 2.07 bits per heavy atom. The molecule has 8 heteroatoms. The van der Waals surface area contributed by atoms with Crippen LogP contribution in [0.25, 0.3) is 0 Å². The van der Waals surface area contributed by atoms with Gasteiger partial charge in [-0.3, -0.25) is 4.79 Å². The van der Waals surface area contributed by atoms with Gasteiger partial charge in [-0.1, -0.05) is 0 Å². The molecule has 2 amide bonds. The first-order valence-electron chi connectivity index (χ1n) is 3.66. The summed E-state index contributed by atoms with van der Waals surface area (Å²) in [5.74, 6) is -1.11. The molecule has 7 nitrogen and oxygen atoms in total. The minimum absolute atomic E-state index is 0.0478. The fraction of sp³-hybridized carbons (Fsp3) is 0.667. The van der Waals surface area contributed by atoms with E-state index in [2.05, 4.69) is 5.29 Å². The van der Waals surface area contributed by atoms with Crippen molar-refractivity contribution in [2.45, 2.75) is 0 Å². The number of rotatable bonds is 5. The normalized spacial score (nSPS) is 9.29. The lowest BCUT2D eigenvalue weighted by Crippen LogP contribution is -2.41. The van der Waals surface area contributed by atoms with Gasteiger partial charge in [0.2, 0.25) is 0 Å². The third kappa shape index (κ3) is 4.04. The molecule has 0 aliphatic carbocycles. The Bertz CT molecular complexity index is 235. The summed E-state index contributed by atoms with van der Waals surface area (Å²) >= 11 is 5.30. The van der Waals surface area contributed by atoms with Crippen LogP contribution in [0.4, 0.5) is 4.79 Å². The van der Waals surface area contributed by atoms with Gasteiger partial charge in [-0.2, -0.15) is 5.01 Å². The monoisotopic (exact) mass is 223 g/mol. The number of carbonyl (C=O) groups is 2. The number of aliphatic carboxylic acids is 1. The molecule has 0 aromatic heterocycles. The Labute approximate surface area is 85.2 Å².